The van der Waals surface area contributed by atoms with Crippen LogP contribution in [0.3, 0.4) is 0 Å². The summed E-state index contributed by atoms with van der Waals surface area (Å²) < 4.78 is 6.91. The molecule has 0 aliphatic heterocycles. The predicted octanol–water partition coefficient (Wildman–Crippen LogP) is 3.56. The van der Waals surface area contributed by atoms with Gasteiger partial charge >= 0.3 is 5.97 Å². The standard InChI is InChI=1S/C15H17ClN2O2/c1-3-18-8-4-5-12(18)10-17-14-9-11(16)6-7-13(14)15(19)20-2/h4-9,17H,3,10H2,1-2H3. The van der Waals surface area contributed by atoms with Crippen LogP contribution in [0, 0.1) is 0 Å². The summed E-state index contributed by atoms with van der Waals surface area (Å²) in [4.78, 5) is 11.7. The van der Waals surface area contributed by atoms with E-state index in [9.17, 15) is 4.79 Å². The SMILES string of the molecule is CCn1cccc1CNc1cc(Cl)ccc1C(=O)OC. The van der Waals surface area contributed by atoms with Gasteiger partial charge in [-0.2, -0.15) is 0 Å². The Morgan fingerprint density at radius 2 is 2.20 bits per heavy atom. The number of carbonyl (C=O) groups is 1. The van der Waals surface area contributed by atoms with Crippen LogP contribution in [0.25, 0.3) is 0 Å². The Morgan fingerprint density at radius 3 is 2.90 bits per heavy atom. The van der Waals surface area contributed by atoms with Crippen LogP contribution < -0.4 is 5.32 Å². The smallest absolute Gasteiger partial charge is 0.339 e. The van der Waals surface area contributed by atoms with Crippen LogP contribution in [0.1, 0.15) is 23.0 Å². The molecule has 0 amide bonds. The molecule has 2 rings (SSSR count). The van der Waals surface area contributed by atoms with E-state index in [4.69, 9.17) is 16.3 Å². The molecule has 1 heterocycles. The third-order valence-corrected chi connectivity index (χ3v) is 3.35. The van der Waals surface area contributed by atoms with Crippen molar-refractivity contribution >= 4 is 23.3 Å². The highest BCUT2D eigenvalue weighted by Crippen LogP contribution is 2.22. The van der Waals surface area contributed by atoms with Crippen LogP contribution in [-0.4, -0.2) is 17.6 Å². The Morgan fingerprint density at radius 1 is 1.40 bits per heavy atom. The highest BCUT2D eigenvalue weighted by molar-refractivity contribution is 6.31. The first-order valence-corrected chi connectivity index (χ1v) is 6.79. The van der Waals surface area contributed by atoms with Crippen molar-refractivity contribution in [1.29, 1.82) is 0 Å². The number of carbonyl (C=O) groups excluding carboxylic acids is 1. The van der Waals surface area contributed by atoms with Crippen molar-refractivity contribution in [3.63, 3.8) is 0 Å². The molecule has 5 heteroatoms. The summed E-state index contributed by atoms with van der Waals surface area (Å²) in [7, 11) is 1.36. The third-order valence-electron chi connectivity index (χ3n) is 3.11. The second-order valence-electron chi connectivity index (χ2n) is 4.32. The Kier molecular flexibility index (Phi) is 4.69. The number of aryl methyl sites for hydroxylation is 1. The van der Waals surface area contributed by atoms with Gasteiger partial charge in [0.25, 0.3) is 0 Å². The van der Waals surface area contributed by atoms with E-state index < -0.39 is 0 Å². The van der Waals surface area contributed by atoms with Crippen LogP contribution in [0.4, 0.5) is 5.69 Å². The normalized spacial score (nSPS) is 10.3. The van der Waals surface area contributed by atoms with Crippen LogP contribution in [-0.2, 0) is 17.8 Å². The first-order chi connectivity index (χ1) is 9.65. The van der Waals surface area contributed by atoms with E-state index in [-0.39, 0.29) is 5.97 Å². The molecule has 0 bridgehead atoms. The lowest BCUT2D eigenvalue weighted by molar-refractivity contribution is 0.0602. The number of aromatic nitrogens is 1. The zero-order chi connectivity index (χ0) is 14.5. The van der Waals surface area contributed by atoms with E-state index in [2.05, 4.69) is 16.8 Å². The van der Waals surface area contributed by atoms with E-state index in [1.807, 2.05) is 18.3 Å². The first kappa shape index (κ1) is 14.5. The molecule has 1 N–H and O–H groups in total. The number of anilines is 1. The van der Waals surface area contributed by atoms with Crippen molar-refractivity contribution in [3.05, 3.63) is 52.8 Å². The van der Waals surface area contributed by atoms with E-state index in [0.29, 0.717) is 22.8 Å². The van der Waals surface area contributed by atoms with Gasteiger partial charge < -0.3 is 14.6 Å². The van der Waals surface area contributed by atoms with E-state index in [0.717, 1.165) is 12.2 Å². The average Bonchev–Trinajstić information content (AvgIpc) is 2.91. The van der Waals surface area contributed by atoms with Gasteiger partial charge in [0.15, 0.2) is 0 Å². The van der Waals surface area contributed by atoms with Crippen molar-refractivity contribution < 1.29 is 9.53 Å². The molecule has 2 aromatic rings. The van der Waals surface area contributed by atoms with Gasteiger partial charge in [0, 0.05) is 23.5 Å². The number of hydrogen-bond donors (Lipinski definition) is 1. The Labute approximate surface area is 123 Å². The fourth-order valence-corrected chi connectivity index (χ4v) is 2.23. The van der Waals surface area contributed by atoms with Crippen molar-refractivity contribution in [1.82, 2.24) is 4.57 Å². The number of nitrogens with zero attached hydrogens (tertiary/aromatic N) is 1. The highest BCUT2D eigenvalue weighted by Gasteiger charge is 2.12. The van der Waals surface area contributed by atoms with E-state index in [1.165, 1.54) is 7.11 Å². The summed E-state index contributed by atoms with van der Waals surface area (Å²) in [5.41, 5.74) is 2.29. The summed E-state index contributed by atoms with van der Waals surface area (Å²) in [6.07, 6.45) is 2.02. The number of ether oxygens (including phenoxy) is 1. The van der Waals surface area contributed by atoms with Gasteiger partial charge in [-0.15, -0.1) is 0 Å². The second kappa shape index (κ2) is 6.48. The maximum Gasteiger partial charge on any atom is 0.339 e. The average molecular weight is 293 g/mol. The number of nitrogens with one attached hydrogen (secondary N) is 1. The highest BCUT2D eigenvalue weighted by atomic mass is 35.5. The van der Waals surface area contributed by atoms with E-state index >= 15 is 0 Å². The zero-order valence-corrected chi connectivity index (χ0v) is 12.3. The number of esters is 1. The van der Waals surface area contributed by atoms with Crippen LogP contribution >= 0.6 is 11.6 Å². The molecule has 0 saturated heterocycles. The minimum absolute atomic E-state index is 0.380. The predicted molar refractivity (Wildman–Crippen MR) is 80.2 cm³/mol. The van der Waals surface area contributed by atoms with Gasteiger partial charge in [0.05, 0.1) is 24.9 Å². The van der Waals surface area contributed by atoms with Gasteiger partial charge in [-0.05, 0) is 37.3 Å². The minimum Gasteiger partial charge on any atom is -0.465 e. The van der Waals surface area contributed by atoms with Gasteiger partial charge in [0.1, 0.15) is 0 Å². The van der Waals surface area contributed by atoms with Crippen molar-refractivity contribution in [2.75, 3.05) is 12.4 Å². The van der Waals surface area contributed by atoms with Crippen molar-refractivity contribution in [2.24, 2.45) is 0 Å². The molecule has 106 valence electrons. The fraction of sp³-hybridized carbons (Fsp3) is 0.267. The Hall–Kier alpha value is -1.94. The molecular weight excluding hydrogens is 276 g/mol. The topological polar surface area (TPSA) is 43.3 Å². The first-order valence-electron chi connectivity index (χ1n) is 6.41. The number of methoxy groups -OCH3 is 1. The number of benzene rings is 1. The fourth-order valence-electron chi connectivity index (χ4n) is 2.05. The molecule has 1 aromatic heterocycles. The zero-order valence-electron chi connectivity index (χ0n) is 11.5. The second-order valence-corrected chi connectivity index (χ2v) is 4.76. The summed E-state index contributed by atoms with van der Waals surface area (Å²) >= 11 is 5.99. The summed E-state index contributed by atoms with van der Waals surface area (Å²) in [6.45, 7) is 3.61. The monoisotopic (exact) mass is 292 g/mol. The lowest BCUT2D eigenvalue weighted by Gasteiger charge is -2.12. The molecule has 4 nitrogen and oxygen atoms in total. The number of halogens is 1. The molecule has 0 aliphatic carbocycles. The van der Waals surface area contributed by atoms with Gasteiger partial charge in [-0.25, -0.2) is 4.79 Å². The molecule has 0 fully saturated rings. The minimum atomic E-state index is -0.380. The van der Waals surface area contributed by atoms with Gasteiger partial charge in [-0.3, -0.25) is 0 Å². The van der Waals surface area contributed by atoms with Crippen LogP contribution in [0.15, 0.2) is 36.5 Å². The summed E-state index contributed by atoms with van der Waals surface area (Å²) in [5, 5.41) is 3.82. The molecule has 0 spiro atoms. The molecule has 1 aromatic carbocycles. The van der Waals surface area contributed by atoms with Crippen molar-refractivity contribution in [2.45, 2.75) is 20.0 Å². The van der Waals surface area contributed by atoms with Crippen LogP contribution in [0.2, 0.25) is 5.02 Å². The van der Waals surface area contributed by atoms with Crippen molar-refractivity contribution in [3.8, 4) is 0 Å². The van der Waals surface area contributed by atoms with Crippen LogP contribution in [0.5, 0.6) is 0 Å². The third kappa shape index (κ3) is 3.14. The molecule has 0 saturated carbocycles. The summed E-state index contributed by atoms with van der Waals surface area (Å²) in [5.74, 6) is -0.380. The Bertz CT molecular complexity index is 608. The maximum absolute atomic E-state index is 11.7. The number of hydrogen-bond acceptors (Lipinski definition) is 3. The largest absolute Gasteiger partial charge is 0.465 e. The molecular formula is C15H17ClN2O2. The summed E-state index contributed by atoms with van der Waals surface area (Å²) in [6, 6.07) is 9.11. The lowest BCUT2D eigenvalue weighted by atomic mass is 10.1. The quantitative estimate of drug-likeness (QED) is 0.857. The van der Waals surface area contributed by atoms with Gasteiger partial charge in [0.2, 0.25) is 0 Å². The Balaban J connectivity index is 2.20. The van der Waals surface area contributed by atoms with E-state index in [1.54, 1.807) is 18.2 Å². The molecule has 20 heavy (non-hydrogen) atoms. The molecule has 0 aliphatic rings. The number of rotatable bonds is 5. The molecule has 0 unspecified atom stereocenters. The maximum atomic E-state index is 11.7. The molecule has 0 radical (unpaired) electrons. The molecule has 0 atom stereocenters. The van der Waals surface area contributed by atoms with Gasteiger partial charge in [-0.1, -0.05) is 11.6 Å². The lowest BCUT2D eigenvalue weighted by Crippen LogP contribution is -2.10.